The molecule has 144 valence electrons. The molecule has 5 rings (SSSR count). The second-order valence-electron chi connectivity index (χ2n) is 8.15. The van der Waals surface area contributed by atoms with E-state index in [-0.39, 0.29) is 11.4 Å². The largest absolute Gasteiger partial charge is 0.465 e. The maximum absolute atomic E-state index is 12.0. The van der Waals surface area contributed by atoms with Crippen LogP contribution in [0.15, 0.2) is 42.5 Å². The average Bonchev–Trinajstić information content (AvgIpc) is 3.36. The number of aryl methyl sites for hydroxylation is 1. The summed E-state index contributed by atoms with van der Waals surface area (Å²) in [4.78, 5) is 20.3. The number of para-hydroxylation sites is 2. The fraction of sp³-hybridized carbons (Fsp3) is 0.391. The van der Waals surface area contributed by atoms with Crippen molar-refractivity contribution in [1.29, 1.82) is 0 Å². The third kappa shape index (κ3) is 2.81. The summed E-state index contributed by atoms with van der Waals surface area (Å²) < 4.78 is 4.91. The number of carbonyl (C=O) groups is 1. The molecule has 2 aromatic carbocycles. The number of nitrogens with one attached hydrogen (secondary N) is 2. The predicted octanol–water partition coefficient (Wildman–Crippen LogP) is 3.60. The van der Waals surface area contributed by atoms with E-state index in [2.05, 4.69) is 28.5 Å². The van der Waals surface area contributed by atoms with Crippen LogP contribution in [-0.2, 0) is 17.6 Å². The number of aromatic amines is 1. The number of aromatic nitrogens is 2. The zero-order valence-electron chi connectivity index (χ0n) is 16.1. The number of imidazole rings is 1. The Bertz CT molecular complexity index is 1000. The van der Waals surface area contributed by atoms with Gasteiger partial charge in [-0.3, -0.25) is 0 Å². The van der Waals surface area contributed by atoms with E-state index in [0.717, 1.165) is 49.2 Å². The third-order valence-corrected chi connectivity index (χ3v) is 6.68. The standard InChI is InChI=1S/C23H25N3O2/c1-28-22(27)16-6-7-17-15(12-16)8-9-23(10-11-24-14-23)18(17)13-21-25-19-4-2-3-5-20(19)26-21/h2-7,12,18,24H,8-11,13-14H2,1H3,(H,25,26)/t18?,23-/m0/s1. The molecule has 3 aromatic rings. The fourth-order valence-corrected chi connectivity index (χ4v) is 5.19. The Hall–Kier alpha value is -2.66. The zero-order chi connectivity index (χ0) is 19.1. The monoisotopic (exact) mass is 375 g/mol. The third-order valence-electron chi connectivity index (χ3n) is 6.68. The van der Waals surface area contributed by atoms with Crippen LogP contribution in [-0.4, -0.2) is 36.1 Å². The number of fused-ring (bicyclic) bond motifs is 2. The van der Waals surface area contributed by atoms with E-state index in [9.17, 15) is 4.79 Å². The minimum absolute atomic E-state index is 0.263. The second-order valence-corrected chi connectivity index (χ2v) is 8.15. The molecule has 0 radical (unpaired) electrons. The molecule has 0 saturated carbocycles. The van der Waals surface area contributed by atoms with Crippen LogP contribution in [0.1, 0.15) is 46.1 Å². The van der Waals surface area contributed by atoms with Gasteiger partial charge >= 0.3 is 5.97 Å². The van der Waals surface area contributed by atoms with Gasteiger partial charge in [0.25, 0.3) is 0 Å². The molecule has 2 N–H and O–H groups in total. The summed E-state index contributed by atoms with van der Waals surface area (Å²) in [5, 5.41) is 3.59. The molecular weight excluding hydrogens is 350 g/mol. The van der Waals surface area contributed by atoms with Gasteiger partial charge in [0.2, 0.25) is 0 Å². The lowest BCUT2D eigenvalue weighted by Crippen LogP contribution is -2.37. The summed E-state index contributed by atoms with van der Waals surface area (Å²) in [6.45, 7) is 2.13. The van der Waals surface area contributed by atoms with Gasteiger partial charge < -0.3 is 15.0 Å². The molecule has 1 spiro atoms. The molecule has 1 aliphatic heterocycles. The Morgan fingerprint density at radius 1 is 1.25 bits per heavy atom. The van der Waals surface area contributed by atoms with Gasteiger partial charge in [-0.15, -0.1) is 0 Å². The van der Waals surface area contributed by atoms with Crippen LogP contribution >= 0.6 is 0 Å². The minimum atomic E-state index is -0.264. The molecule has 1 fully saturated rings. The van der Waals surface area contributed by atoms with Gasteiger partial charge in [0.05, 0.1) is 23.7 Å². The van der Waals surface area contributed by atoms with Gasteiger partial charge in [-0.2, -0.15) is 0 Å². The molecule has 1 unspecified atom stereocenters. The van der Waals surface area contributed by atoms with Crippen LogP contribution in [0.3, 0.4) is 0 Å². The Morgan fingerprint density at radius 2 is 2.14 bits per heavy atom. The van der Waals surface area contributed by atoms with Gasteiger partial charge in [0, 0.05) is 13.0 Å². The molecule has 1 aromatic heterocycles. The van der Waals surface area contributed by atoms with Crippen LogP contribution in [0.2, 0.25) is 0 Å². The van der Waals surface area contributed by atoms with Crippen molar-refractivity contribution >= 4 is 17.0 Å². The van der Waals surface area contributed by atoms with Crippen molar-refractivity contribution in [2.75, 3.05) is 20.2 Å². The van der Waals surface area contributed by atoms with E-state index in [0.29, 0.717) is 11.5 Å². The van der Waals surface area contributed by atoms with Gasteiger partial charge in [-0.05, 0) is 72.5 Å². The number of benzene rings is 2. The lowest BCUT2D eigenvalue weighted by Gasteiger charge is -2.42. The number of ether oxygens (including phenoxy) is 1. The van der Waals surface area contributed by atoms with Crippen LogP contribution in [0.5, 0.6) is 0 Å². The van der Waals surface area contributed by atoms with Gasteiger partial charge in [0.1, 0.15) is 5.82 Å². The van der Waals surface area contributed by atoms with Crippen molar-refractivity contribution in [2.45, 2.75) is 31.6 Å². The van der Waals surface area contributed by atoms with Crippen LogP contribution in [0.25, 0.3) is 11.0 Å². The van der Waals surface area contributed by atoms with E-state index in [1.54, 1.807) is 0 Å². The number of esters is 1. The maximum Gasteiger partial charge on any atom is 0.337 e. The average molecular weight is 375 g/mol. The number of H-pyrrole nitrogens is 1. The first kappa shape index (κ1) is 17.4. The highest BCUT2D eigenvalue weighted by molar-refractivity contribution is 5.89. The molecule has 5 heteroatoms. The highest BCUT2D eigenvalue weighted by Crippen LogP contribution is 2.50. The van der Waals surface area contributed by atoms with Crippen LogP contribution in [0, 0.1) is 5.41 Å². The van der Waals surface area contributed by atoms with E-state index in [4.69, 9.17) is 9.72 Å². The number of nitrogens with zero attached hydrogens (tertiary/aromatic N) is 1. The first-order chi connectivity index (χ1) is 13.7. The molecule has 1 saturated heterocycles. The Labute approximate surface area is 164 Å². The quantitative estimate of drug-likeness (QED) is 0.687. The summed E-state index contributed by atoms with van der Waals surface area (Å²) in [5.41, 5.74) is 5.66. The fourth-order valence-electron chi connectivity index (χ4n) is 5.19. The van der Waals surface area contributed by atoms with Crippen molar-refractivity contribution in [2.24, 2.45) is 5.41 Å². The number of hydrogen-bond donors (Lipinski definition) is 2. The number of hydrogen-bond acceptors (Lipinski definition) is 4. The molecule has 2 heterocycles. The van der Waals surface area contributed by atoms with E-state index >= 15 is 0 Å². The van der Waals surface area contributed by atoms with E-state index in [1.165, 1.54) is 24.7 Å². The second kappa shape index (κ2) is 6.74. The first-order valence-corrected chi connectivity index (χ1v) is 10.0. The highest BCUT2D eigenvalue weighted by atomic mass is 16.5. The Balaban J connectivity index is 1.55. The van der Waals surface area contributed by atoms with Crippen molar-refractivity contribution in [3.05, 3.63) is 65.0 Å². The van der Waals surface area contributed by atoms with Crippen LogP contribution in [0.4, 0.5) is 0 Å². The molecule has 1 aliphatic carbocycles. The number of rotatable bonds is 3. The lowest BCUT2D eigenvalue weighted by molar-refractivity contribution is 0.0600. The molecule has 28 heavy (non-hydrogen) atoms. The van der Waals surface area contributed by atoms with Crippen molar-refractivity contribution < 1.29 is 9.53 Å². The molecular formula is C23H25N3O2. The summed E-state index contributed by atoms with van der Waals surface area (Å²) in [7, 11) is 1.44. The minimum Gasteiger partial charge on any atom is -0.465 e. The Morgan fingerprint density at radius 3 is 2.93 bits per heavy atom. The topological polar surface area (TPSA) is 67.0 Å². The molecule has 0 amide bonds. The zero-order valence-corrected chi connectivity index (χ0v) is 16.1. The van der Waals surface area contributed by atoms with Gasteiger partial charge in [-0.1, -0.05) is 18.2 Å². The van der Waals surface area contributed by atoms with Crippen molar-refractivity contribution in [3.63, 3.8) is 0 Å². The van der Waals surface area contributed by atoms with Gasteiger partial charge in [-0.25, -0.2) is 9.78 Å². The maximum atomic E-state index is 12.0. The smallest absolute Gasteiger partial charge is 0.337 e. The van der Waals surface area contributed by atoms with Crippen molar-refractivity contribution in [3.8, 4) is 0 Å². The summed E-state index contributed by atoms with van der Waals surface area (Å²) in [6.07, 6.45) is 4.23. The normalized spacial score (nSPS) is 23.8. The SMILES string of the molecule is COC(=O)c1ccc2c(c1)CC[C@@]1(CCNC1)C2Cc1nc2ccccc2[nH]1. The molecule has 2 aliphatic rings. The van der Waals surface area contributed by atoms with E-state index in [1.807, 2.05) is 24.3 Å². The Kier molecular flexibility index (Phi) is 4.20. The summed E-state index contributed by atoms with van der Waals surface area (Å²) in [6, 6.07) is 14.3. The van der Waals surface area contributed by atoms with Crippen molar-refractivity contribution in [1.82, 2.24) is 15.3 Å². The number of methoxy groups -OCH3 is 1. The first-order valence-electron chi connectivity index (χ1n) is 10.0. The van der Waals surface area contributed by atoms with Crippen LogP contribution < -0.4 is 5.32 Å². The molecule has 5 nitrogen and oxygen atoms in total. The molecule has 2 atom stereocenters. The summed E-state index contributed by atoms with van der Waals surface area (Å²) >= 11 is 0. The predicted molar refractivity (Wildman–Crippen MR) is 109 cm³/mol. The van der Waals surface area contributed by atoms with Gasteiger partial charge in [0.15, 0.2) is 0 Å². The summed E-state index contributed by atoms with van der Waals surface area (Å²) in [5.74, 6) is 1.17. The van der Waals surface area contributed by atoms with E-state index < -0.39 is 0 Å². The number of carbonyl (C=O) groups excluding carboxylic acids is 1. The lowest BCUT2D eigenvalue weighted by atomic mass is 9.62. The highest BCUT2D eigenvalue weighted by Gasteiger charge is 2.45. The molecule has 0 bridgehead atoms.